The Hall–Kier alpha value is -2.49. The third kappa shape index (κ3) is 5.95. The molecule has 2 aromatic heterocycles. The first-order valence-electron chi connectivity index (χ1n) is 8.54. The summed E-state index contributed by atoms with van der Waals surface area (Å²) in [4.78, 5) is 3.99. The SMILES string of the molecule is CC.CC.CC.Fc1ccc(-c2[nH]ncc2-c2ccncc2)cc1. The van der Waals surface area contributed by atoms with Gasteiger partial charge in [0.05, 0.1) is 11.9 Å². The minimum Gasteiger partial charge on any atom is -0.277 e. The van der Waals surface area contributed by atoms with Crippen molar-refractivity contribution in [2.24, 2.45) is 0 Å². The quantitative estimate of drug-likeness (QED) is 0.594. The summed E-state index contributed by atoms with van der Waals surface area (Å²) >= 11 is 0. The molecule has 0 fully saturated rings. The summed E-state index contributed by atoms with van der Waals surface area (Å²) in [5.41, 5.74) is 3.78. The van der Waals surface area contributed by atoms with Gasteiger partial charge in [-0.3, -0.25) is 10.1 Å². The van der Waals surface area contributed by atoms with Crippen molar-refractivity contribution in [2.75, 3.05) is 0 Å². The maximum Gasteiger partial charge on any atom is 0.123 e. The summed E-state index contributed by atoms with van der Waals surface area (Å²) in [6.45, 7) is 12.0. The van der Waals surface area contributed by atoms with Gasteiger partial charge in [-0.25, -0.2) is 4.39 Å². The highest BCUT2D eigenvalue weighted by atomic mass is 19.1. The zero-order valence-corrected chi connectivity index (χ0v) is 15.5. The van der Waals surface area contributed by atoms with Gasteiger partial charge in [-0.05, 0) is 42.0 Å². The highest BCUT2D eigenvalue weighted by Crippen LogP contribution is 2.29. The minimum atomic E-state index is -0.247. The molecular formula is C20H28FN3. The summed E-state index contributed by atoms with van der Waals surface area (Å²) in [5, 5.41) is 7.01. The third-order valence-electron chi connectivity index (χ3n) is 2.76. The Morgan fingerprint density at radius 1 is 0.750 bits per heavy atom. The van der Waals surface area contributed by atoms with Crippen LogP contribution in [0.25, 0.3) is 22.4 Å². The topological polar surface area (TPSA) is 41.6 Å². The van der Waals surface area contributed by atoms with Crippen molar-refractivity contribution in [2.45, 2.75) is 41.5 Å². The maximum absolute atomic E-state index is 12.9. The molecule has 1 N–H and O–H groups in total. The van der Waals surface area contributed by atoms with E-state index in [1.165, 1.54) is 12.1 Å². The third-order valence-corrected chi connectivity index (χ3v) is 2.76. The summed E-state index contributed by atoms with van der Waals surface area (Å²) in [6, 6.07) is 10.2. The first-order valence-corrected chi connectivity index (χ1v) is 8.54. The Labute approximate surface area is 145 Å². The molecule has 130 valence electrons. The molecule has 0 saturated heterocycles. The molecule has 0 aliphatic heterocycles. The smallest absolute Gasteiger partial charge is 0.123 e. The van der Waals surface area contributed by atoms with Crippen molar-refractivity contribution in [1.29, 1.82) is 0 Å². The Morgan fingerprint density at radius 2 is 1.29 bits per heavy atom. The molecule has 3 nitrogen and oxygen atoms in total. The Kier molecular flexibility index (Phi) is 11.6. The van der Waals surface area contributed by atoms with Crippen LogP contribution in [0.15, 0.2) is 55.0 Å². The van der Waals surface area contributed by atoms with Crippen LogP contribution in [0.1, 0.15) is 41.5 Å². The molecule has 0 saturated carbocycles. The number of aromatic amines is 1. The number of rotatable bonds is 2. The van der Waals surface area contributed by atoms with E-state index < -0.39 is 0 Å². The average molecular weight is 329 g/mol. The second-order valence-electron chi connectivity index (χ2n) is 3.90. The van der Waals surface area contributed by atoms with Crippen LogP contribution < -0.4 is 0 Å². The number of nitrogens with one attached hydrogen (secondary N) is 1. The van der Waals surface area contributed by atoms with Gasteiger partial charge in [-0.2, -0.15) is 5.10 Å². The van der Waals surface area contributed by atoms with Gasteiger partial charge < -0.3 is 0 Å². The monoisotopic (exact) mass is 329 g/mol. The number of H-pyrrole nitrogens is 1. The normalized spacial score (nSPS) is 8.62. The van der Waals surface area contributed by atoms with Crippen molar-refractivity contribution in [3.63, 3.8) is 0 Å². The van der Waals surface area contributed by atoms with Gasteiger partial charge in [-0.15, -0.1) is 0 Å². The van der Waals surface area contributed by atoms with Crippen molar-refractivity contribution < 1.29 is 4.39 Å². The van der Waals surface area contributed by atoms with Crippen LogP contribution in [0.5, 0.6) is 0 Å². The van der Waals surface area contributed by atoms with Crippen molar-refractivity contribution in [1.82, 2.24) is 15.2 Å². The predicted molar refractivity (Wildman–Crippen MR) is 101 cm³/mol. The van der Waals surface area contributed by atoms with Gasteiger partial charge in [0.25, 0.3) is 0 Å². The molecule has 3 aromatic rings. The lowest BCUT2D eigenvalue weighted by molar-refractivity contribution is 0.628. The van der Waals surface area contributed by atoms with Gasteiger partial charge in [-0.1, -0.05) is 41.5 Å². The molecule has 0 atom stereocenters. The number of nitrogens with zero attached hydrogens (tertiary/aromatic N) is 2. The van der Waals surface area contributed by atoms with E-state index in [9.17, 15) is 4.39 Å². The average Bonchev–Trinajstić information content (AvgIpc) is 3.18. The molecule has 0 unspecified atom stereocenters. The molecule has 4 heteroatoms. The van der Waals surface area contributed by atoms with Gasteiger partial charge in [0.2, 0.25) is 0 Å². The zero-order chi connectivity index (χ0) is 18.4. The molecule has 0 aliphatic rings. The molecule has 0 aliphatic carbocycles. The van der Waals surface area contributed by atoms with Crippen LogP contribution in [0.4, 0.5) is 4.39 Å². The Morgan fingerprint density at radius 3 is 1.83 bits per heavy atom. The van der Waals surface area contributed by atoms with E-state index >= 15 is 0 Å². The minimum absolute atomic E-state index is 0.247. The van der Waals surface area contributed by atoms with Crippen molar-refractivity contribution in [3.8, 4) is 22.4 Å². The molecule has 0 bridgehead atoms. The van der Waals surface area contributed by atoms with E-state index in [0.717, 1.165) is 22.4 Å². The van der Waals surface area contributed by atoms with Gasteiger partial charge >= 0.3 is 0 Å². The largest absolute Gasteiger partial charge is 0.277 e. The molecule has 1 aromatic carbocycles. The molecule has 0 amide bonds. The lowest BCUT2D eigenvalue weighted by Crippen LogP contribution is -1.83. The van der Waals surface area contributed by atoms with Crippen LogP contribution in [-0.4, -0.2) is 15.2 Å². The van der Waals surface area contributed by atoms with E-state index in [2.05, 4.69) is 15.2 Å². The fourth-order valence-electron chi connectivity index (χ4n) is 1.87. The number of aromatic nitrogens is 3. The van der Waals surface area contributed by atoms with Gasteiger partial charge in [0.1, 0.15) is 5.82 Å². The number of hydrogen-bond acceptors (Lipinski definition) is 2. The number of benzene rings is 1. The summed E-state index contributed by atoms with van der Waals surface area (Å²) < 4.78 is 12.9. The fourth-order valence-corrected chi connectivity index (χ4v) is 1.87. The molecule has 3 rings (SSSR count). The number of pyridine rings is 1. The highest BCUT2D eigenvalue weighted by Gasteiger charge is 2.09. The Balaban J connectivity index is 0.000000798. The Bertz CT molecular complexity index is 646. The summed E-state index contributed by atoms with van der Waals surface area (Å²) in [6.07, 6.45) is 5.22. The first kappa shape index (κ1) is 21.5. The van der Waals surface area contributed by atoms with E-state index in [0.29, 0.717) is 0 Å². The molecule has 24 heavy (non-hydrogen) atoms. The standard InChI is InChI=1S/C14H10FN3.3C2H6/c15-12-3-1-11(2-4-12)14-13(9-17-18-14)10-5-7-16-8-6-10;3*1-2/h1-9H,(H,17,18);3*1-2H3. The van der Waals surface area contributed by atoms with Gasteiger partial charge in [0.15, 0.2) is 0 Å². The van der Waals surface area contributed by atoms with E-state index in [4.69, 9.17) is 0 Å². The zero-order valence-electron chi connectivity index (χ0n) is 15.5. The van der Waals surface area contributed by atoms with E-state index in [1.807, 2.05) is 53.7 Å². The summed E-state index contributed by atoms with van der Waals surface area (Å²) in [7, 11) is 0. The van der Waals surface area contributed by atoms with Crippen LogP contribution in [-0.2, 0) is 0 Å². The van der Waals surface area contributed by atoms with Crippen molar-refractivity contribution in [3.05, 3.63) is 60.8 Å². The molecule has 2 heterocycles. The van der Waals surface area contributed by atoms with Gasteiger partial charge in [0, 0.05) is 23.5 Å². The van der Waals surface area contributed by atoms with Crippen molar-refractivity contribution >= 4 is 0 Å². The lowest BCUT2D eigenvalue weighted by atomic mass is 10.0. The number of hydrogen-bond donors (Lipinski definition) is 1. The van der Waals surface area contributed by atoms with Crippen LogP contribution in [0, 0.1) is 5.82 Å². The first-order chi connectivity index (χ1) is 11.8. The molecular weight excluding hydrogens is 301 g/mol. The number of halogens is 1. The second-order valence-corrected chi connectivity index (χ2v) is 3.90. The van der Waals surface area contributed by atoms with E-state index in [-0.39, 0.29) is 5.82 Å². The lowest BCUT2D eigenvalue weighted by Gasteiger charge is -2.03. The van der Waals surface area contributed by atoms with Crippen LogP contribution in [0.3, 0.4) is 0 Å². The fraction of sp³-hybridized carbons (Fsp3) is 0.300. The summed E-state index contributed by atoms with van der Waals surface area (Å²) in [5.74, 6) is -0.247. The van der Waals surface area contributed by atoms with Crippen LogP contribution >= 0.6 is 0 Å². The predicted octanol–water partition coefficient (Wildman–Crippen LogP) is 6.36. The van der Waals surface area contributed by atoms with Crippen LogP contribution in [0.2, 0.25) is 0 Å². The van der Waals surface area contributed by atoms with E-state index in [1.54, 1.807) is 30.7 Å². The maximum atomic E-state index is 12.9. The highest BCUT2D eigenvalue weighted by molar-refractivity contribution is 5.79. The second kappa shape index (κ2) is 13.0. The molecule has 0 spiro atoms. The molecule has 0 radical (unpaired) electrons.